The molecule has 74 valence electrons. The van der Waals surface area contributed by atoms with Crippen LogP contribution in [0.5, 0.6) is 0 Å². The van der Waals surface area contributed by atoms with Gasteiger partial charge in [-0.3, -0.25) is 0 Å². The van der Waals surface area contributed by atoms with Crippen molar-refractivity contribution in [3.8, 4) is 6.07 Å². The minimum absolute atomic E-state index is 0.0400. The van der Waals surface area contributed by atoms with Crippen LogP contribution >= 0.6 is 10.7 Å². The molecule has 0 atom stereocenters. The van der Waals surface area contributed by atoms with Crippen LogP contribution in [-0.2, 0) is 9.05 Å². The number of rotatable bonds is 1. The highest BCUT2D eigenvalue weighted by Gasteiger charge is 2.18. The summed E-state index contributed by atoms with van der Waals surface area (Å²) in [5, 5.41) is 8.71. The number of hydrogen-bond donors (Lipinski definition) is 0. The summed E-state index contributed by atoms with van der Waals surface area (Å²) in [6.07, 6.45) is 0. The van der Waals surface area contributed by atoms with E-state index in [0.717, 1.165) is 0 Å². The predicted octanol–water partition coefficient (Wildman–Crippen LogP) is 2.10. The predicted molar refractivity (Wildman–Crippen MR) is 53.7 cm³/mol. The molecular weight excluding hydrogens is 222 g/mol. The minimum atomic E-state index is -3.78. The lowest BCUT2D eigenvalue weighted by molar-refractivity contribution is 0.608. The zero-order valence-corrected chi connectivity index (χ0v) is 9.28. The van der Waals surface area contributed by atoms with Crippen LogP contribution in [0.15, 0.2) is 17.0 Å². The minimum Gasteiger partial charge on any atom is -0.207 e. The van der Waals surface area contributed by atoms with Gasteiger partial charge in [-0.1, -0.05) is 6.07 Å². The number of hydrogen-bond acceptors (Lipinski definition) is 3. The van der Waals surface area contributed by atoms with Gasteiger partial charge in [0.25, 0.3) is 9.05 Å². The molecule has 0 aromatic heterocycles. The fourth-order valence-corrected chi connectivity index (χ4v) is 2.96. The molecule has 0 amide bonds. The van der Waals surface area contributed by atoms with Crippen LogP contribution in [0.3, 0.4) is 0 Å². The number of benzene rings is 1. The Morgan fingerprint density at radius 3 is 2.36 bits per heavy atom. The average Bonchev–Trinajstić information content (AvgIpc) is 2.02. The summed E-state index contributed by atoms with van der Waals surface area (Å²) in [6, 6.07) is 5.06. The molecule has 0 spiro atoms. The first-order valence-electron chi connectivity index (χ1n) is 3.83. The van der Waals surface area contributed by atoms with Gasteiger partial charge in [-0.15, -0.1) is 0 Å². The van der Waals surface area contributed by atoms with E-state index >= 15 is 0 Å². The Morgan fingerprint density at radius 2 is 1.93 bits per heavy atom. The van der Waals surface area contributed by atoms with Crippen LogP contribution in [0.2, 0.25) is 0 Å². The fourth-order valence-electron chi connectivity index (χ4n) is 1.32. The van der Waals surface area contributed by atoms with E-state index in [2.05, 4.69) is 0 Å². The van der Waals surface area contributed by atoms with Crippen LogP contribution in [0.1, 0.15) is 16.7 Å². The zero-order chi connectivity index (χ0) is 10.9. The maximum absolute atomic E-state index is 11.2. The second-order valence-electron chi connectivity index (χ2n) is 2.93. The zero-order valence-electron chi connectivity index (χ0n) is 7.70. The van der Waals surface area contributed by atoms with Crippen molar-refractivity contribution >= 4 is 19.7 Å². The normalized spacial score (nSPS) is 11.0. The third-order valence-electron chi connectivity index (χ3n) is 1.97. The summed E-state index contributed by atoms with van der Waals surface area (Å²) in [4.78, 5) is 0.0400. The van der Waals surface area contributed by atoms with Gasteiger partial charge in [-0.25, -0.2) is 8.42 Å². The van der Waals surface area contributed by atoms with Gasteiger partial charge >= 0.3 is 0 Å². The molecule has 1 aromatic rings. The fraction of sp³-hybridized carbons (Fsp3) is 0.222. The Balaban J connectivity index is 3.68. The molecule has 0 saturated carbocycles. The largest absolute Gasteiger partial charge is 0.261 e. The molecule has 0 fully saturated rings. The molecule has 0 aliphatic carbocycles. The van der Waals surface area contributed by atoms with Crippen molar-refractivity contribution in [1.82, 2.24) is 0 Å². The Labute approximate surface area is 87.4 Å². The summed E-state index contributed by atoms with van der Waals surface area (Å²) in [7, 11) is 1.49. The van der Waals surface area contributed by atoms with Gasteiger partial charge < -0.3 is 0 Å². The quantitative estimate of drug-likeness (QED) is 0.693. The first kappa shape index (κ1) is 11.0. The van der Waals surface area contributed by atoms with Crippen molar-refractivity contribution in [2.45, 2.75) is 18.7 Å². The van der Waals surface area contributed by atoms with E-state index in [0.29, 0.717) is 16.7 Å². The second kappa shape index (κ2) is 3.60. The van der Waals surface area contributed by atoms with E-state index in [1.165, 1.54) is 0 Å². The number of nitrogens with zero attached hydrogens (tertiary/aromatic N) is 1. The Hall–Kier alpha value is -1.05. The SMILES string of the molecule is Cc1ccc(C#N)c(C)c1S(=O)(=O)Cl. The molecule has 0 bridgehead atoms. The van der Waals surface area contributed by atoms with Gasteiger partial charge in [0, 0.05) is 10.7 Å². The van der Waals surface area contributed by atoms with Gasteiger partial charge in [0.1, 0.15) is 0 Å². The van der Waals surface area contributed by atoms with E-state index in [4.69, 9.17) is 15.9 Å². The summed E-state index contributed by atoms with van der Waals surface area (Å²) in [5.41, 5.74) is 1.29. The van der Waals surface area contributed by atoms with E-state index in [9.17, 15) is 8.42 Å². The van der Waals surface area contributed by atoms with Crippen LogP contribution in [0.4, 0.5) is 0 Å². The van der Waals surface area contributed by atoms with Crippen LogP contribution in [0.25, 0.3) is 0 Å². The molecule has 1 rings (SSSR count). The van der Waals surface area contributed by atoms with Gasteiger partial charge in [-0.05, 0) is 31.0 Å². The molecule has 14 heavy (non-hydrogen) atoms. The Bertz CT molecular complexity index is 514. The molecule has 0 radical (unpaired) electrons. The monoisotopic (exact) mass is 229 g/mol. The summed E-state index contributed by atoms with van der Waals surface area (Å²) in [6.45, 7) is 3.21. The lowest BCUT2D eigenvalue weighted by atomic mass is 10.1. The van der Waals surface area contributed by atoms with Crippen molar-refractivity contribution in [3.63, 3.8) is 0 Å². The van der Waals surface area contributed by atoms with Gasteiger partial charge in [-0.2, -0.15) is 5.26 Å². The Morgan fingerprint density at radius 1 is 1.36 bits per heavy atom. The number of aryl methyl sites for hydroxylation is 1. The van der Waals surface area contributed by atoms with Crippen molar-refractivity contribution in [2.75, 3.05) is 0 Å². The number of nitriles is 1. The van der Waals surface area contributed by atoms with Crippen LogP contribution in [0, 0.1) is 25.2 Å². The molecule has 0 saturated heterocycles. The molecule has 0 unspecified atom stereocenters. The molecule has 0 aliphatic heterocycles. The molecule has 3 nitrogen and oxygen atoms in total. The summed E-state index contributed by atoms with van der Waals surface area (Å²) in [5.74, 6) is 0. The van der Waals surface area contributed by atoms with E-state index in [-0.39, 0.29) is 4.90 Å². The molecule has 5 heteroatoms. The summed E-state index contributed by atoms with van der Waals surface area (Å²) < 4.78 is 22.4. The first-order valence-corrected chi connectivity index (χ1v) is 6.14. The van der Waals surface area contributed by atoms with Crippen molar-refractivity contribution < 1.29 is 8.42 Å². The average molecular weight is 230 g/mol. The highest BCUT2D eigenvalue weighted by molar-refractivity contribution is 8.13. The molecule has 0 aliphatic rings. The van der Waals surface area contributed by atoms with Crippen molar-refractivity contribution in [1.29, 1.82) is 5.26 Å². The molecule has 1 aromatic carbocycles. The highest BCUT2D eigenvalue weighted by Crippen LogP contribution is 2.25. The summed E-state index contributed by atoms with van der Waals surface area (Å²) >= 11 is 0. The van der Waals surface area contributed by atoms with Gasteiger partial charge in [0.05, 0.1) is 16.5 Å². The van der Waals surface area contributed by atoms with Gasteiger partial charge in [0.2, 0.25) is 0 Å². The maximum atomic E-state index is 11.2. The van der Waals surface area contributed by atoms with E-state index in [1.807, 2.05) is 6.07 Å². The first-order chi connectivity index (χ1) is 6.38. The maximum Gasteiger partial charge on any atom is 0.261 e. The molecule has 0 N–H and O–H groups in total. The lowest BCUT2D eigenvalue weighted by Gasteiger charge is -2.06. The Kier molecular flexibility index (Phi) is 2.84. The lowest BCUT2D eigenvalue weighted by Crippen LogP contribution is -2.00. The molecule has 0 heterocycles. The van der Waals surface area contributed by atoms with Gasteiger partial charge in [0.15, 0.2) is 0 Å². The highest BCUT2D eigenvalue weighted by atomic mass is 35.7. The second-order valence-corrected chi connectivity index (χ2v) is 5.44. The molecular formula is C9H8ClNO2S. The standard InChI is InChI=1S/C9H8ClNO2S/c1-6-3-4-8(5-11)7(2)9(6)14(10,12)13/h3-4H,1-2H3. The van der Waals surface area contributed by atoms with Crippen LogP contribution < -0.4 is 0 Å². The van der Waals surface area contributed by atoms with Crippen molar-refractivity contribution in [2.24, 2.45) is 0 Å². The number of halogens is 1. The van der Waals surface area contributed by atoms with E-state index < -0.39 is 9.05 Å². The third kappa shape index (κ3) is 1.89. The topological polar surface area (TPSA) is 57.9 Å². The van der Waals surface area contributed by atoms with Crippen molar-refractivity contribution in [3.05, 3.63) is 28.8 Å². The van der Waals surface area contributed by atoms with E-state index in [1.54, 1.807) is 26.0 Å². The van der Waals surface area contributed by atoms with Crippen LogP contribution in [-0.4, -0.2) is 8.42 Å². The third-order valence-corrected chi connectivity index (χ3v) is 3.55. The smallest absolute Gasteiger partial charge is 0.207 e.